The Balaban J connectivity index is 1.49. The zero-order valence-electron chi connectivity index (χ0n) is 23.7. The maximum Gasteiger partial charge on any atom is 0.247 e. The van der Waals surface area contributed by atoms with E-state index in [-0.39, 0.29) is 19.9 Å². The van der Waals surface area contributed by atoms with Crippen LogP contribution in [-0.4, -0.2) is 56.4 Å². The average molecular weight is 575 g/mol. The Morgan fingerprint density at radius 1 is 1.05 bits per heavy atom. The Bertz CT molecular complexity index is 1570. The van der Waals surface area contributed by atoms with Crippen LogP contribution in [0.5, 0.6) is 17.2 Å². The van der Waals surface area contributed by atoms with E-state index in [0.29, 0.717) is 39.8 Å². The standard InChI is InChI=1S/C30H31FN6O5/c1-30(2,3)32-29(39)27(20-6-10-22(31)11-7-20)36(16-19-5-14-24-25(15-19)42-18-41-24)26(38)17-37-34-28(33-35-37)21-8-12-23(40-4)13-9-21/h5-15,27H,16-18H2,1-4H3,(H,32,39). The Hall–Kier alpha value is -5.00. The van der Waals surface area contributed by atoms with E-state index in [4.69, 9.17) is 14.2 Å². The number of carbonyl (C=O) groups is 2. The van der Waals surface area contributed by atoms with Crippen LogP contribution >= 0.6 is 0 Å². The van der Waals surface area contributed by atoms with Crippen LogP contribution in [0.25, 0.3) is 11.4 Å². The molecule has 0 spiro atoms. The first-order valence-electron chi connectivity index (χ1n) is 13.3. The number of halogens is 1. The molecule has 4 aromatic rings. The number of amides is 2. The number of methoxy groups -OCH3 is 1. The zero-order valence-corrected chi connectivity index (χ0v) is 23.7. The summed E-state index contributed by atoms with van der Waals surface area (Å²) < 4.78 is 30.0. The van der Waals surface area contributed by atoms with Gasteiger partial charge in [0.15, 0.2) is 11.5 Å². The predicted molar refractivity (Wildman–Crippen MR) is 150 cm³/mol. The Morgan fingerprint density at radius 2 is 1.76 bits per heavy atom. The van der Waals surface area contributed by atoms with E-state index < -0.39 is 29.2 Å². The highest BCUT2D eigenvalue weighted by Gasteiger charge is 2.34. The van der Waals surface area contributed by atoms with Crippen LogP contribution in [-0.2, 0) is 22.7 Å². The number of hydrogen-bond acceptors (Lipinski definition) is 8. The van der Waals surface area contributed by atoms with Crippen LogP contribution < -0.4 is 19.5 Å². The normalized spacial score (nSPS) is 13.0. The van der Waals surface area contributed by atoms with Crippen molar-refractivity contribution in [2.75, 3.05) is 13.9 Å². The lowest BCUT2D eigenvalue weighted by atomic mass is 10.0. The van der Waals surface area contributed by atoms with E-state index in [9.17, 15) is 14.0 Å². The number of nitrogens with zero attached hydrogens (tertiary/aromatic N) is 5. The molecule has 1 aliphatic heterocycles. The van der Waals surface area contributed by atoms with Gasteiger partial charge in [-0.3, -0.25) is 9.59 Å². The number of benzene rings is 3. The third kappa shape index (κ3) is 6.65. The predicted octanol–water partition coefficient (Wildman–Crippen LogP) is 3.90. The number of fused-ring (bicyclic) bond motifs is 1. The van der Waals surface area contributed by atoms with Crippen LogP contribution in [0.1, 0.15) is 37.9 Å². The third-order valence-corrected chi connectivity index (χ3v) is 6.43. The van der Waals surface area contributed by atoms with Gasteiger partial charge in [-0.25, -0.2) is 4.39 Å². The molecule has 1 aromatic heterocycles. The highest BCUT2D eigenvalue weighted by Crippen LogP contribution is 2.34. The molecule has 1 aliphatic rings. The van der Waals surface area contributed by atoms with Gasteiger partial charge in [-0.05, 0) is 85.6 Å². The fourth-order valence-electron chi connectivity index (χ4n) is 4.49. The summed E-state index contributed by atoms with van der Waals surface area (Å²) in [7, 11) is 1.57. The molecule has 1 atom stereocenters. The summed E-state index contributed by atoms with van der Waals surface area (Å²) >= 11 is 0. The first kappa shape index (κ1) is 28.5. The molecule has 3 aromatic carbocycles. The summed E-state index contributed by atoms with van der Waals surface area (Å²) in [6.07, 6.45) is 0. The van der Waals surface area contributed by atoms with E-state index >= 15 is 0 Å². The number of carbonyl (C=O) groups excluding carboxylic acids is 2. The molecule has 218 valence electrons. The number of rotatable bonds is 9. The van der Waals surface area contributed by atoms with Crippen molar-refractivity contribution < 1.29 is 28.2 Å². The van der Waals surface area contributed by atoms with Gasteiger partial charge in [0.2, 0.25) is 24.4 Å². The smallest absolute Gasteiger partial charge is 0.247 e. The maximum atomic E-state index is 14.0. The second kappa shape index (κ2) is 11.9. The Kier molecular flexibility index (Phi) is 8.05. The van der Waals surface area contributed by atoms with Gasteiger partial charge in [0.05, 0.1) is 7.11 Å². The summed E-state index contributed by atoms with van der Waals surface area (Å²) in [5.41, 5.74) is 1.25. The van der Waals surface area contributed by atoms with Crippen molar-refractivity contribution >= 4 is 11.8 Å². The molecule has 0 saturated heterocycles. The summed E-state index contributed by atoms with van der Waals surface area (Å²) in [5, 5.41) is 15.5. The monoisotopic (exact) mass is 574 g/mol. The van der Waals surface area contributed by atoms with Crippen molar-refractivity contribution in [3.63, 3.8) is 0 Å². The first-order chi connectivity index (χ1) is 20.1. The number of hydrogen-bond donors (Lipinski definition) is 1. The van der Waals surface area contributed by atoms with Crippen LogP contribution in [0.2, 0.25) is 0 Å². The molecular weight excluding hydrogens is 543 g/mol. The quantitative estimate of drug-likeness (QED) is 0.320. The molecular formula is C30H31FN6O5. The summed E-state index contributed by atoms with van der Waals surface area (Å²) in [4.78, 5) is 30.4. The van der Waals surface area contributed by atoms with Gasteiger partial charge in [-0.1, -0.05) is 18.2 Å². The minimum absolute atomic E-state index is 0.0368. The van der Waals surface area contributed by atoms with Gasteiger partial charge in [0, 0.05) is 17.6 Å². The average Bonchev–Trinajstić information content (AvgIpc) is 3.62. The van der Waals surface area contributed by atoms with E-state index in [1.807, 2.05) is 20.8 Å². The highest BCUT2D eigenvalue weighted by molar-refractivity contribution is 5.89. The number of ether oxygens (including phenoxy) is 3. The second-order valence-corrected chi connectivity index (χ2v) is 10.8. The Labute approximate surface area is 242 Å². The molecule has 2 heterocycles. The van der Waals surface area contributed by atoms with Crippen molar-refractivity contribution in [3.8, 4) is 28.6 Å². The van der Waals surface area contributed by atoms with Crippen molar-refractivity contribution in [2.45, 2.75) is 45.4 Å². The number of tetrazole rings is 1. The maximum absolute atomic E-state index is 14.0. The fourth-order valence-corrected chi connectivity index (χ4v) is 4.49. The lowest BCUT2D eigenvalue weighted by Crippen LogP contribution is -2.49. The molecule has 0 saturated carbocycles. The molecule has 0 fully saturated rings. The molecule has 5 rings (SSSR count). The number of nitrogens with one attached hydrogen (secondary N) is 1. The molecule has 2 amide bonds. The zero-order chi connectivity index (χ0) is 29.9. The van der Waals surface area contributed by atoms with Gasteiger partial charge in [0.1, 0.15) is 24.2 Å². The summed E-state index contributed by atoms with van der Waals surface area (Å²) in [6, 6.07) is 16.9. The summed E-state index contributed by atoms with van der Waals surface area (Å²) in [5.74, 6) is 0.808. The molecule has 1 unspecified atom stereocenters. The largest absolute Gasteiger partial charge is 0.497 e. The van der Waals surface area contributed by atoms with Crippen LogP contribution in [0, 0.1) is 5.82 Å². The van der Waals surface area contributed by atoms with Crippen molar-refractivity contribution in [3.05, 3.63) is 83.7 Å². The van der Waals surface area contributed by atoms with Gasteiger partial charge in [-0.15, -0.1) is 10.2 Å². The fraction of sp³-hybridized carbons (Fsp3) is 0.300. The molecule has 11 nitrogen and oxygen atoms in total. The van der Waals surface area contributed by atoms with E-state index in [1.165, 1.54) is 34.0 Å². The lowest BCUT2D eigenvalue weighted by Gasteiger charge is -2.33. The second-order valence-electron chi connectivity index (χ2n) is 10.8. The molecule has 1 N–H and O–H groups in total. The minimum Gasteiger partial charge on any atom is -0.497 e. The molecule has 0 aliphatic carbocycles. The van der Waals surface area contributed by atoms with Gasteiger partial charge < -0.3 is 24.4 Å². The van der Waals surface area contributed by atoms with E-state index in [1.54, 1.807) is 49.6 Å². The molecule has 0 radical (unpaired) electrons. The molecule has 0 bridgehead atoms. The molecule has 12 heteroatoms. The van der Waals surface area contributed by atoms with Gasteiger partial charge in [-0.2, -0.15) is 4.80 Å². The van der Waals surface area contributed by atoms with Crippen molar-refractivity contribution in [1.82, 2.24) is 30.4 Å². The van der Waals surface area contributed by atoms with Crippen LogP contribution in [0.3, 0.4) is 0 Å². The van der Waals surface area contributed by atoms with Crippen LogP contribution in [0.4, 0.5) is 4.39 Å². The van der Waals surface area contributed by atoms with Crippen molar-refractivity contribution in [1.29, 1.82) is 0 Å². The minimum atomic E-state index is -1.09. The van der Waals surface area contributed by atoms with E-state index in [0.717, 1.165) is 0 Å². The van der Waals surface area contributed by atoms with Gasteiger partial charge in [0.25, 0.3) is 0 Å². The Morgan fingerprint density at radius 3 is 2.45 bits per heavy atom. The summed E-state index contributed by atoms with van der Waals surface area (Å²) in [6.45, 7) is 5.37. The number of aromatic nitrogens is 4. The lowest BCUT2D eigenvalue weighted by molar-refractivity contribution is -0.143. The van der Waals surface area contributed by atoms with Crippen LogP contribution in [0.15, 0.2) is 66.7 Å². The topological polar surface area (TPSA) is 121 Å². The SMILES string of the molecule is COc1ccc(-c2nnn(CC(=O)N(Cc3ccc4c(c3)OCO4)C(C(=O)NC(C)(C)C)c3ccc(F)cc3)n2)cc1. The highest BCUT2D eigenvalue weighted by atomic mass is 19.1. The van der Waals surface area contributed by atoms with Crippen molar-refractivity contribution in [2.24, 2.45) is 0 Å². The first-order valence-corrected chi connectivity index (χ1v) is 13.3. The molecule has 42 heavy (non-hydrogen) atoms. The third-order valence-electron chi connectivity index (χ3n) is 6.43. The van der Waals surface area contributed by atoms with E-state index in [2.05, 4.69) is 20.7 Å². The van der Waals surface area contributed by atoms with Gasteiger partial charge >= 0.3 is 0 Å².